The molecule has 0 bridgehead atoms. The van der Waals surface area contributed by atoms with Gasteiger partial charge in [-0.25, -0.2) is 8.78 Å². The molecular weight excluding hydrogens is 396 g/mol. The smallest absolute Gasteiger partial charge is 0.308 e. The molecule has 28 heavy (non-hydrogen) atoms. The Hall–Kier alpha value is -3.08. The van der Waals surface area contributed by atoms with Gasteiger partial charge in [-0.05, 0) is 19.1 Å². The number of benzene rings is 1. The van der Waals surface area contributed by atoms with E-state index in [1.54, 1.807) is 12.3 Å². The van der Waals surface area contributed by atoms with Gasteiger partial charge in [0.15, 0.2) is 18.2 Å². The predicted molar refractivity (Wildman–Crippen MR) is 96.9 cm³/mol. The number of nitrogens with one attached hydrogen (secondary N) is 2. The summed E-state index contributed by atoms with van der Waals surface area (Å²) in [5.74, 6) is -4.21. The van der Waals surface area contributed by atoms with E-state index in [1.165, 1.54) is 10.6 Å². The number of amides is 2. The maximum atomic E-state index is 13.1. The van der Waals surface area contributed by atoms with Crippen molar-refractivity contribution in [3.63, 3.8) is 0 Å². The molecule has 0 saturated carbocycles. The molecule has 0 aliphatic carbocycles. The molecule has 11 heteroatoms. The minimum absolute atomic E-state index is 0.0311. The van der Waals surface area contributed by atoms with Crippen LogP contribution in [-0.2, 0) is 25.7 Å². The number of carbonyl (C=O) groups excluding carboxylic acids is 3. The zero-order valence-electron chi connectivity index (χ0n) is 14.8. The lowest BCUT2D eigenvalue weighted by molar-refractivity contribution is -0.148. The molecule has 0 aliphatic heterocycles. The fourth-order valence-electron chi connectivity index (χ4n) is 2.10. The van der Waals surface area contributed by atoms with E-state index in [2.05, 4.69) is 10.6 Å². The first kappa shape index (κ1) is 21.2. The number of aromatic nitrogens is 1. The Morgan fingerprint density at radius 2 is 1.93 bits per heavy atom. The summed E-state index contributed by atoms with van der Waals surface area (Å²) in [5.41, 5.74) is 0.760. The molecule has 0 saturated heterocycles. The number of aryl methyl sites for hydroxylation is 1. The van der Waals surface area contributed by atoms with Crippen LogP contribution in [0.3, 0.4) is 0 Å². The van der Waals surface area contributed by atoms with Crippen molar-refractivity contribution in [2.75, 3.05) is 18.5 Å². The summed E-state index contributed by atoms with van der Waals surface area (Å²) in [4.78, 5) is 46.3. The van der Waals surface area contributed by atoms with Gasteiger partial charge in [-0.15, -0.1) is 0 Å². The summed E-state index contributed by atoms with van der Waals surface area (Å²) in [7, 11) is 0. The number of thiazole rings is 1. The van der Waals surface area contributed by atoms with E-state index >= 15 is 0 Å². The molecular formula is C17H17F2N3O5S. The van der Waals surface area contributed by atoms with Crippen molar-refractivity contribution >= 4 is 34.8 Å². The number of nitrogens with zero attached hydrogens (tertiary/aromatic N) is 1. The maximum Gasteiger partial charge on any atom is 0.308 e. The number of halogens is 2. The van der Waals surface area contributed by atoms with Gasteiger partial charge in [0, 0.05) is 29.4 Å². The number of rotatable bonds is 8. The number of anilines is 1. The fraction of sp³-hybridized carbons (Fsp3) is 0.294. The highest BCUT2D eigenvalue weighted by atomic mass is 32.1. The normalized spacial score (nSPS) is 10.4. The Morgan fingerprint density at radius 3 is 2.57 bits per heavy atom. The van der Waals surface area contributed by atoms with Crippen molar-refractivity contribution in [2.24, 2.45) is 0 Å². The predicted octanol–water partition coefficient (Wildman–Crippen LogP) is 1.18. The van der Waals surface area contributed by atoms with Crippen LogP contribution in [0.15, 0.2) is 28.4 Å². The van der Waals surface area contributed by atoms with Crippen LogP contribution >= 0.6 is 11.3 Å². The van der Waals surface area contributed by atoms with Gasteiger partial charge >= 0.3 is 10.8 Å². The summed E-state index contributed by atoms with van der Waals surface area (Å²) in [5, 5.41) is 6.17. The first-order valence-electron chi connectivity index (χ1n) is 8.08. The zero-order chi connectivity index (χ0) is 20.7. The number of hydrogen-bond acceptors (Lipinski definition) is 6. The summed E-state index contributed by atoms with van der Waals surface area (Å²) in [6.45, 7) is 0.848. The molecule has 2 amide bonds. The second-order valence-electron chi connectivity index (χ2n) is 5.66. The molecule has 8 nitrogen and oxygen atoms in total. The van der Waals surface area contributed by atoms with Crippen LogP contribution < -0.4 is 15.5 Å². The molecule has 0 atom stereocenters. The van der Waals surface area contributed by atoms with E-state index in [-0.39, 0.29) is 23.5 Å². The van der Waals surface area contributed by atoms with Crippen molar-refractivity contribution in [3.05, 3.63) is 50.6 Å². The number of carbonyl (C=O) groups is 3. The second-order valence-corrected chi connectivity index (χ2v) is 6.48. The molecule has 1 heterocycles. The summed E-state index contributed by atoms with van der Waals surface area (Å²) in [6.07, 6.45) is -0.0820. The van der Waals surface area contributed by atoms with Crippen LogP contribution in [-0.4, -0.2) is 35.5 Å². The van der Waals surface area contributed by atoms with E-state index in [1.807, 2.05) is 0 Å². The monoisotopic (exact) mass is 413 g/mol. The van der Waals surface area contributed by atoms with Crippen LogP contribution in [0.4, 0.5) is 14.5 Å². The highest BCUT2D eigenvalue weighted by Gasteiger charge is 2.12. The Balaban J connectivity index is 1.67. The fourth-order valence-corrected chi connectivity index (χ4v) is 2.87. The van der Waals surface area contributed by atoms with Crippen LogP contribution in [0.5, 0.6) is 0 Å². The average Bonchev–Trinajstić information content (AvgIpc) is 2.97. The van der Waals surface area contributed by atoms with Gasteiger partial charge < -0.3 is 19.9 Å². The first-order chi connectivity index (χ1) is 13.3. The number of esters is 1. The standard InChI is InChI=1S/C17H17F2N3O5S/c1-10-9-28-17(26)22(10)5-4-16(25)27-8-15(24)20-7-14(23)21-11-2-3-12(18)13(19)6-11/h2-3,6,9H,4-5,7-8H2,1H3,(H,20,24)(H,21,23). The Kier molecular flexibility index (Phi) is 7.38. The van der Waals surface area contributed by atoms with Gasteiger partial charge in [-0.1, -0.05) is 11.3 Å². The molecule has 1 aromatic heterocycles. The lowest BCUT2D eigenvalue weighted by Gasteiger charge is -2.08. The average molecular weight is 413 g/mol. The Morgan fingerprint density at radius 1 is 1.18 bits per heavy atom. The molecule has 150 valence electrons. The summed E-state index contributed by atoms with van der Waals surface area (Å²) < 4.78 is 32.1. The lowest BCUT2D eigenvalue weighted by atomic mass is 10.3. The number of hydrogen-bond donors (Lipinski definition) is 2. The third-order valence-corrected chi connectivity index (χ3v) is 4.41. The van der Waals surface area contributed by atoms with Crippen molar-refractivity contribution in [1.29, 1.82) is 0 Å². The van der Waals surface area contributed by atoms with E-state index in [4.69, 9.17) is 4.74 Å². The van der Waals surface area contributed by atoms with Gasteiger partial charge in [0.05, 0.1) is 13.0 Å². The van der Waals surface area contributed by atoms with Gasteiger partial charge in [0.1, 0.15) is 0 Å². The number of ether oxygens (including phenoxy) is 1. The largest absolute Gasteiger partial charge is 0.456 e. The molecule has 2 aromatic rings. The van der Waals surface area contributed by atoms with Crippen molar-refractivity contribution < 1.29 is 27.9 Å². The van der Waals surface area contributed by atoms with Gasteiger partial charge in [-0.2, -0.15) is 0 Å². The summed E-state index contributed by atoms with van der Waals surface area (Å²) >= 11 is 1.03. The third-order valence-electron chi connectivity index (χ3n) is 3.53. The second kappa shape index (κ2) is 9.74. The van der Waals surface area contributed by atoms with Crippen LogP contribution in [0.2, 0.25) is 0 Å². The van der Waals surface area contributed by atoms with Crippen LogP contribution in [0.25, 0.3) is 0 Å². The topological polar surface area (TPSA) is 106 Å². The van der Waals surface area contributed by atoms with E-state index < -0.39 is 42.6 Å². The molecule has 0 fully saturated rings. The SMILES string of the molecule is Cc1csc(=O)n1CCC(=O)OCC(=O)NCC(=O)Nc1ccc(F)c(F)c1. The molecule has 0 radical (unpaired) electrons. The van der Waals surface area contributed by atoms with Crippen LogP contribution in [0, 0.1) is 18.6 Å². The molecule has 1 aromatic carbocycles. The highest BCUT2D eigenvalue weighted by Crippen LogP contribution is 2.12. The quantitative estimate of drug-likeness (QED) is 0.633. The van der Waals surface area contributed by atoms with Crippen molar-refractivity contribution in [2.45, 2.75) is 19.9 Å². The van der Waals surface area contributed by atoms with Crippen molar-refractivity contribution in [1.82, 2.24) is 9.88 Å². The molecule has 2 rings (SSSR count). The molecule has 0 spiro atoms. The minimum Gasteiger partial charge on any atom is -0.456 e. The van der Waals surface area contributed by atoms with Crippen LogP contribution in [0.1, 0.15) is 12.1 Å². The Bertz CT molecular complexity index is 941. The van der Waals surface area contributed by atoms with Gasteiger partial charge in [0.25, 0.3) is 5.91 Å². The zero-order valence-corrected chi connectivity index (χ0v) is 15.6. The third kappa shape index (κ3) is 6.27. The van der Waals surface area contributed by atoms with Crippen molar-refractivity contribution in [3.8, 4) is 0 Å². The van der Waals surface area contributed by atoms with E-state index in [0.717, 1.165) is 29.2 Å². The van der Waals surface area contributed by atoms with Gasteiger partial charge in [-0.3, -0.25) is 19.2 Å². The first-order valence-corrected chi connectivity index (χ1v) is 8.96. The summed E-state index contributed by atoms with van der Waals surface area (Å²) in [6, 6.07) is 2.83. The molecule has 2 N–H and O–H groups in total. The maximum absolute atomic E-state index is 13.1. The molecule has 0 unspecified atom stereocenters. The minimum atomic E-state index is -1.12. The van der Waals surface area contributed by atoms with Gasteiger partial charge in [0.2, 0.25) is 5.91 Å². The van der Waals surface area contributed by atoms with E-state index in [0.29, 0.717) is 0 Å². The van der Waals surface area contributed by atoms with E-state index in [9.17, 15) is 28.0 Å². The Labute approximate surface area is 162 Å². The molecule has 0 aliphatic rings. The lowest BCUT2D eigenvalue weighted by Crippen LogP contribution is -2.35. The highest BCUT2D eigenvalue weighted by molar-refractivity contribution is 7.07.